The summed E-state index contributed by atoms with van der Waals surface area (Å²) in [5, 5.41) is 21.0. The lowest BCUT2D eigenvalue weighted by atomic mass is 9.88. The molecule has 166 valence electrons. The molecule has 3 atom stereocenters. The molecule has 6 nitrogen and oxygen atoms in total. The number of anilines is 2. The maximum atomic E-state index is 13.1. The number of carbonyl (C=O) groups excluding carboxylic acids is 1. The standard InChI is InChI=1S/C24H30FN3O3/c1-26-21-5-2-4-18-19-14-27(12-3-6-22(29)16-7-9-17(25)10-8-16)13-11-20(19)28(23(18)21)15-24(26,30)31/h2,4-5,7,9-10,16,19-20,30-31H,3,6,8,11-15H2,1H3. The van der Waals surface area contributed by atoms with Crippen LogP contribution in [0.5, 0.6) is 0 Å². The van der Waals surface area contributed by atoms with Crippen molar-refractivity contribution in [3.8, 4) is 0 Å². The minimum Gasteiger partial charge on any atom is -0.358 e. The van der Waals surface area contributed by atoms with Crippen LogP contribution in [0.15, 0.2) is 42.3 Å². The van der Waals surface area contributed by atoms with Crippen LogP contribution in [0, 0.1) is 5.92 Å². The Balaban J connectivity index is 1.22. The Labute approximate surface area is 182 Å². The summed E-state index contributed by atoms with van der Waals surface area (Å²) in [4.78, 5) is 18.6. The number of halogens is 1. The Morgan fingerprint density at radius 2 is 2.16 bits per heavy atom. The van der Waals surface area contributed by atoms with Crippen LogP contribution in [0.2, 0.25) is 0 Å². The van der Waals surface area contributed by atoms with Crippen LogP contribution in [0.25, 0.3) is 0 Å². The molecule has 3 unspecified atom stereocenters. The molecule has 0 aromatic heterocycles. The average molecular weight is 428 g/mol. The number of benzene rings is 1. The zero-order valence-electron chi connectivity index (χ0n) is 17.9. The summed E-state index contributed by atoms with van der Waals surface area (Å²) >= 11 is 0. The summed E-state index contributed by atoms with van der Waals surface area (Å²) in [6.45, 7) is 2.91. The van der Waals surface area contributed by atoms with Crippen LogP contribution in [-0.2, 0) is 4.79 Å². The predicted molar refractivity (Wildman–Crippen MR) is 118 cm³/mol. The Bertz CT molecular complexity index is 944. The van der Waals surface area contributed by atoms with Crippen LogP contribution >= 0.6 is 0 Å². The van der Waals surface area contributed by atoms with Crippen molar-refractivity contribution in [2.24, 2.45) is 5.92 Å². The molecule has 0 amide bonds. The van der Waals surface area contributed by atoms with Crippen molar-refractivity contribution in [2.45, 2.75) is 43.6 Å². The van der Waals surface area contributed by atoms with Crippen molar-refractivity contribution < 1.29 is 19.4 Å². The van der Waals surface area contributed by atoms with Gasteiger partial charge in [-0.15, -0.1) is 0 Å². The van der Waals surface area contributed by atoms with E-state index < -0.39 is 5.91 Å². The van der Waals surface area contributed by atoms with Crippen molar-refractivity contribution >= 4 is 17.2 Å². The largest absolute Gasteiger partial charge is 0.358 e. The third-order valence-corrected chi connectivity index (χ3v) is 7.44. The highest BCUT2D eigenvalue weighted by molar-refractivity contribution is 5.83. The third kappa shape index (κ3) is 3.58. The lowest BCUT2D eigenvalue weighted by Crippen LogP contribution is -2.60. The zero-order chi connectivity index (χ0) is 21.8. The van der Waals surface area contributed by atoms with E-state index in [0.29, 0.717) is 18.8 Å². The SMILES string of the molecule is CN1c2cccc3c2N(CC1(O)O)C1CCN(CCCC(=O)C2C=CC(F)=CC2)CC31. The van der Waals surface area contributed by atoms with Crippen molar-refractivity contribution in [1.82, 2.24) is 4.90 Å². The first-order valence-electron chi connectivity index (χ1n) is 11.2. The van der Waals surface area contributed by atoms with Crippen molar-refractivity contribution in [3.63, 3.8) is 0 Å². The molecule has 3 aliphatic heterocycles. The summed E-state index contributed by atoms with van der Waals surface area (Å²) in [7, 11) is 1.73. The molecular formula is C24H30FN3O3. The molecule has 1 aromatic rings. The summed E-state index contributed by atoms with van der Waals surface area (Å²) in [6.07, 6.45) is 7.32. The molecule has 1 aromatic carbocycles. The minimum atomic E-state index is -1.87. The van der Waals surface area contributed by atoms with Gasteiger partial charge in [-0.2, -0.15) is 0 Å². The fraction of sp³-hybridized carbons (Fsp3) is 0.542. The van der Waals surface area contributed by atoms with E-state index in [2.05, 4.69) is 15.9 Å². The van der Waals surface area contributed by atoms with E-state index in [-0.39, 0.29) is 30.1 Å². The number of para-hydroxylation sites is 1. The van der Waals surface area contributed by atoms with Gasteiger partial charge < -0.3 is 24.9 Å². The molecular weight excluding hydrogens is 397 g/mol. The van der Waals surface area contributed by atoms with E-state index in [1.54, 1.807) is 18.0 Å². The maximum absolute atomic E-state index is 13.1. The number of nitrogens with zero attached hydrogens (tertiary/aromatic N) is 3. The van der Waals surface area contributed by atoms with Gasteiger partial charge in [-0.05, 0) is 49.6 Å². The van der Waals surface area contributed by atoms with Crippen molar-refractivity contribution in [2.75, 3.05) is 43.0 Å². The van der Waals surface area contributed by atoms with Crippen LogP contribution < -0.4 is 9.80 Å². The molecule has 3 heterocycles. The quantitative estimate of drug-likeness (QED) is 0.704. The van der Waals surface area contributed by atoms with Crippen molar-refractivity contribution in [1.29, 1.82) is 0 Å². The third-order valence-electron chi connectivity index (χ3n) is 7.44. The molecule has 5 rings (SSSR count). The van der Waals surface area contributed by atoms with Gasteiger partial charge >= 0.3 is 0 Å². The smallest absolute Gasteiger partial charge is 0.265 e. The van der Waals surface area contributed by atoms with E-state index in [1.807, 2.05) is 12.1 Å². The topological polar surface area (TPSA) is 67.2 Å². The highest BCUT2D eigenvalue weighted by Crippen LogP contribution is 2.52. The normalized spacial score (nSPS) is 28.9. The van der Waals surface area contributed by atoms with Gasteiger partial charge in [0.2, 0.25) is 0 Å². The van der Waals surface area contributed by atoms with Gasteiger partial charge in [0.05, 0.1) is 17.9 Å². The van der Waals surface area contributed by atoms with E-state index in [4.69, 9.17) is 0 Å². The lowest BCUT2D eigenvalue weighted by molar-refractivity contribution is -0.152. The monoisotopic (exact) mass is 427 g/mol. The van der Waals surface area contributed by atoms with Crippen LogP contribution in [-0.4, -0.2) is 66.1 Å². The Hall–Kier alpha value is -2.22. The number of Topliss-reactive ketones (excluding diaryl/α,β-unsaturated/α-hetero) is 1. The molecule has 7 heteroatoms. The van der Waals surface area contributed by atoms with Gasteiger partial charge in [-0.3, -0.25) is 4.79 Å². The first kappa shape index (κ1) is 20.7. The number of hydrogen-bond acceptors (Lipinski definition) is 6. The number of ketones is 1. The van der Waals surface area contributed by atoms with Crippen LogP contribution in [0.4, 0.5) is 15.8 Å². The Kier molecular flexibility index (Phi) is 5.15. The number of aliphatic hydroxyl groups is 2. The second-order valence-corrected chi connectivity index (χ2v) is 9.30. The molecule has 1 aliphatic carbocycles. The number of likely N-dealkylation sites (tertiary alicyclic amines) is 1. The number of fused-ring (bicyclic) bond motifs is 3. The second kappa shape index (κ2) is 7.73. The van der Waals surface area contributed by atoms with Crippen LogP contribution in [0.1, 0.15) is 37.2 Å². The minimum absolute atomic E-state index is 0.185. The number of carbonyl (C=O) groups is 1. The van der Waals surface area contributed by atoms with Gasteiger partial charge in [0, 0.05) is 44.4 Å². The summed E-state index contributed by atoms with van der Waals surface area (Å²) in [5.74, 6) is -1.79. The number of rotatable bonds is 5. The maximum Gasteiger partial charge on any atom is 0.265 e. The average Bonchev–Trinajstić information content (AvgIpc) is 3.06. The fourth-order valence-corrected chi connectivity index (χ4v) is 5.71. The van der Waals surface area contributed by atoms with Gasteiger partial charge in [0.15, 0.2) is 0 Å². The zero-order valence-corrected chi connectivity index (χ0v) is 17.9. The molecule has 1 saturated heterocycles. The molecule has 0 bridgehead atoms. The number of piperidine rings is 1. The first-order valence-corrected chi connectivity index (χ1v) is 11.2. The fourth-order valence-electron chi connectivity index (χ4n) is 5.71. The number of hydrogen-bond donors (Lipinski definition) is 2. The summed E-state index contributed by atoms with van der Waals surface area (Å²) in [5.41, 5.74) is 3.29. The molecule has 31 heavy (non-hydrogen) atoms. The molecule has 0 spiro atoms. The van der Waals surface area contributed by atoms with Gasteiger partial charge in [0.1, 0.15) is 11.6 Å². The number of allylic oxidation sites excluding steroid dienone is 4. The van der Waals surface area contributed by atoms with E-state index in [9.17, 15) is 19.4 Å². The second-order valence-electron chi connectivity index (χ2n) is 9.30. The van der Waals surface area contributed by atoms with E-state index in [0.717, 1.165) is 43.9 Å². The van der Waals surface area contributed by atoms with Gasteiger partial charge in [-0.25, -0.2) is 4.39 Å². The lowest BCUT2D eigenvalue weighted by Gasteiger charge is -2.46. The summed E-state index contributed by atoms with van der Waals surface area (Å²) in [6, 6.07) is 6.39. The molecule has 0 saturated carbocycles. The Morgan fingerprint density at radius 3 is 2.94 bits per heavy atom. The molecule has 4 aliphatic rings. The molecule has 0 radical (unpaired) electrons. The Morgan fingerprint density at radius 1 is 1.32 bits per heavy atom. The van der Waals surface area contributed by atoms with Gasteiger partial charge in [0.25, 0.3) is 5.91 Å². The predicted octanol–water partition coefficient (Wildman–Crippen LogP) is 2.53. The molecule has 1 fully saturated rings. The highest BCUT2D eigenvalue weighted by atomic mass is 19.1. The highest BCUT2D eigenvalue weighted by Gasteiger charge is 2.50. The van der Waals surface area contributed by atoms with E-state index in [1.165, 1.54) is 17.7 Å². The number of likely N-dealkylation sites (N-methyl/N-ethyl adjacent to an activating group) is 1. The molecule has 2 N–H and O–H groups in total. The van der Waals surface area contributed by atoms with Crippen LogP contribution in [0.3, 0.4) is 0 Å². The van der Waals surface area contributed by atoms with Crippen molar-refractivity contribution in [3.05, 3.63) is 47.8 Å². The van der Waals surface area contributed by atoms with E-state index >= 15 is 0 Å². The summed E-state index contributed by atoms with van der Waals surface area (Å²) < 4.78 is 13.1. The van der Waals surface area contributed by atoms with Gasteiger partial charge in [-0.1, -0.05) is 18.2 Å². The first-order chi connectivity index (χ1) is 14.8.